The molecule has 1 N–H and O–H groups in total. The number of carbonyl (C=O) groups excluding carboxylic acids is 4. The van der Waals surface area contributed by atoms with Gasteiger partial charge < -0.3 is 14.8 Å². The van der Waals surface area contributed by atoms with Crippen LogP contribution in [0.2, 0.25) is 0 Å². The van der Waals surface area contributed by atoms with Crippen molar-refractivity contribution in [2.75, 3.05) is 12.4 Å². The number of fused-ring (bicyclic) bond motifs is 1. The first-order valence-electron chi connectivity index (χ1n) is 10.3. The Hall–Kier alpha value is -3.59. The van der Waals surface area contributed by atoms with Crippen LogP contribution in [0.3, 0.4) is 0 Å². The van der Waals surface area contributed by atoms with Gasteiger partial charge in [-0.15, -0.1) is 11.8 Å². The number of amides is 2. The number of hydrogen-bond acceptors (Lipinski definition) is 7. The van der Waals surface area contributed by atoms with E-state index < -0.39 is 35.4 Å². The van der Waals surface area contributed by atoms with Crippen molar-refractivity contribution in [2.45, 2.75) is 24.4 Å². The lowest BCUT2D eigenvalue weighted by Crippen LogP contribution is -2.69. The Balaban J connectivity index is 1.68. The van der Waals surface area contributed by atoms with E-state index in [0.717, 1.165) is 11.1 Å². The van der Waals surface area contributed by atoms with Crippen molar-refractivity contribution in [1.82, 2.24) is 10.2 Å². The molecule has 0 saturated carbocycles. The standard InChI is InChI=1S/C24H22N2O6S/c1-15(28)31-12-18-13-33-23-19(25-14-27)22(29)26(23)20(18)24(30)32-21(16-8-4-2-5-9-16)17-10-6-3-7-11-17/h2-11,14,19,21,23H,12-13H2,1H3,(H,25,27)/t19-,23-/m1/s1. The molecule has 4 rings (SSSR count). The van der Waals surface area contributed by atoms with Crippen molar-refractivity contribution >= 4 is 36.0 Å². The zero-order valence-corrected chi connectivity index (χ0v) is 18.6. The van der Waals surface area contributed by atoms with Crippen molar-refractivity contribution in [3.05, 3.63) is 83.1 Å². The molecular formula is C24H22N2O6S. The minimum atomic E-state index is -0.718. The van der Waals surface area contributed by atoms with Gasteiger partial charge in [-0.1, -0.05) is 60.7 Å². The third-order valence-electron chi connectivity index (χ3n) is 5.37. The Bertz CT molecular complexity index is 1050. The highest BCUT2D eigenvalue weighted by Crippen LogP contribution is 2.41. The Labute approximate surface area is 194 Å². The number of rotatable bonds is 8. The summed E-state index contributed by atoms with van der Waals surface area (Å²) in [6.07, 6.45) is -0.229. The highest BCUT2D eigenvalue weighted by atomic mass is 32.2. The van der Waals surface area contributed by atoms with Gasteiger partial charge >= 0.3 is 11.9 Å². The van der Waals surface area contributed by atoms with Crippen molar-refractivity contribution in [1.29, 1.82) is 0 Å². The molecule has 8 nitrogen and oxygen atoms in total. The average Bonchev–Trinajstić information content (AvgIpc) is 2.84. The molecule has 2 aliphatic rings. The summed E-state index contributed by atoms with van der Waals surface area (Å²) in [5.41, 5.74) is 2.09. The number of thioether (sulfide) groups is 1. The topological polar surface area (TPSA) is 102 Å². The molecule has 0 aliphatic carbocycles. The molecule has 0 unspecified atom stereocenters. The first-order chi connectivity index (χ1) is 16.0. The first-order valence-corrected chi connectivity index (χ1v) is 11.4. The first kappa shape index (κ1) is 22.6. The number of nitrogens with zero attached hydrogens (tertiary/aromatic N) is 1. The fourth-order valence-electron chi connectivity index (χ4n) is 3.81. The van der Waals surface area contributed by atoms with Crippen molar-refractivity contribution < 1.29 is 28.7 Å². The van der Waals surface area contributed by atoms with Gasteiger partial charge in [0.15, 0.2) is 6.10 Å². The fraction of sp³-hybridized carbons (Fsp3) is 0.250. The van der Waals surface area contributed by atoms with Crippen LogP contribution in [-0.2, 0) is 28.7 Å². The minimum Gasteiger partial charge on any atom is -0.461 e. The maximum atomic E-state index is 13.5. The number of hydrogen-bond donors (Lipinski definition) is 1. The quantitative estimate of drug-likeness (QED) is 0.361. The third kappa shape index (κ3) is 4.63. The molecule has 1 saturated heterocycles. The number of ether oxygens (including phenoxy) is 2. The molecule has 0 bridgehead atoms. The number of carbonyl (C=O) groups is 4. The Morgan fingerprint density at radius 1 is 1.12 bits per heavy atom. The molecule has 2 aromatic rings. The average molecular weight is 467 g/mol. The number of esters is 2. The van der Waals surface area contributed by atoms with E-state index in [1.54, 1.807) is 0 Å². The van der Waals surface area contributed by atoms with Gasteiger partial charge in [-0.2, -0.15) is 0 Å². The van der Waals surface area contributed by atoms with Gasteiger partial charge in [0.05, 0.1) is 0 Å². The van der Waals surface area contributed by atoms with Crippen LogP contribution in [0.1, 0.15) is 24.2 Å². The summed E-state index contributed by atoms with van der Waals surface area (Å²) >= 11 is 1.38. The molecule has 0 radical (unpaired) electrons. The molecule has 9 heteroatoms. The number of benzene rings is 2. The lowest BCUT2D eigenvalue weighted by Gasteiger charge is -2.49. The van der Waals surface area contributed by atoms with Gasteiger partial charge in [-0.25, -0.2) is 4.79 Å². The smallest absolute Gasteiger partial charge is 0.356 e. The molecular weight excluding hydrogens is 444 g/mol. The molecule has 0 spiro atoms. The van der Waals surface area contributed by atoms with Crippen LogP contribution in [-0.4, -0.2) is 52.9 Å². The lowest BCUT2D eigenvalue weighted by molar-refractivity contribution is -0.154. The van der Waals surface area contributed by atoms with Crippen LogP contribution in [0.25, 0.3) is 0 Å². The summed E-state index contributed by atoms with van der Waals surface area (Å²) in [5, 5.41) is 2.06. The maximum absolute atomic E-state index is 13.5. The predicted molar refractivity (Wildman–Crippen MR) is 121 cm³/mol. The van der Waals surface area contributed by atoms with E-state index in [-0.39, 0.29) is 12.3 Å². The SMILES string of the molecule is CC(=O)OCC1=C(C(=O)OC(c2ccccc2)c2ccccc2)N2C(=O)[C@@H](NC=O)[C@H]2SC1. The van der Waals surface area contributed by atoms with E-state index in [2.05, 4.69) is 5.32 Å². The normalized spacial score (nSPS) is 19.5. The molecule has 2 aliphatic heterocycles. The van der Waals surface area contributed by atoms with Gasteiger partial charge in [-0.05, 0) is 11.1 Å². The summed E-state index contributed by atoms with van der Waals surface area (Å²) in [4.78, 5) is 49.8. The van der Waals surface area contributed by atoms with Crippen molar-refractivity contribution in [2.24, 2.45) is 0 Å². The number of nitrogens with one attached hydrogen (secondary N) is 1. The molecule has 2 amide bonds. The molecule has 1 fully saturated rings. The zero-order chi connectivity index (χ0) is 23.4. The third-order valence-corrected chi connectivity index (χ3v) is 6.71. The van der Waals surface area contributed by atoms with E-state index in [0.29, 0.717) is 17.7 Å². The van der Waals surface area contributed by atoms with E-state index in [1.807, 2.05) is 60.7 Å². The van der Waals surface area contributed by atoms with Gasteiger partial charge in [0.2, 0.25) is 6.41 Å². The van der Waals surface area contributed by atoms with Crippen molar-refractivity contribution in [3.63, 3.8) is 0 Å². The van der Waals surface area contributed by atoms with Gasteiger partial charge in [0.25, 0.3) is 5.91 Å². The second kappa shape index (κ2) is 9.91. The maximum Gasteiger partial charge on any atom is 0.356 e. The van der Waals surface area contributed by atoms with Gasteiger partial charge in [0, 0.05) is 18.2 Å². The summed E-state index contributed by atoms with van der Waals surface area (Å²) in [7, 11) is 0. The summed E-state index contributed by atoms with van der Waals surface area (Å²) in [6, 6.07) is 17.9. The van der Waals surface area contributed by atoms with E-state index in [9.17, 15) is 19.2 Å². The van der Waals surface area contributed by atoms with E-state index >= 15 is 0 Å². The molecule has 33 heavy (non-hydrogen) atoms. The Morgan fingerprint density at radius 2 is 1.73 bits per heavy atom. The van der Waals surface area contributed by atoms with Crippen LogP contribution in [0.5, 0.6) is 0 Å². The summed E-state index contributed by atoms with van der Waals surface area (Å²) in [5.74, 6) is -1.25. The van der Waals surface area contributed by atoms with E-state index in [1.165, 1.54) is 23.6 Å². The fourth-order valence-corrected chi connectivity index (χ4v) is 5.15. The lowest BCUT2D eigenvalue weighted by atomic mass is 10.0. The summed E-state index contributed by atoms with van der Waals surface area (Å²) in [6.45, 7) is 1.15. The minimum absolute atomic E-state index is 0.0609. The van der Waals surface area contributed by atoms with Crippen LogP contribution >= 0.6 is 11.8 Å². The largest absolute Gasteiger partial charge is 0.461 e. The second-order valence-electron chi connectivity index (χ2n) is 7.51. The summed E-state index contributed by atoms with van der Waals surface area (Å²) < 4.78 is 11.1. The zero-order valence-electron chi connectivity index (χ0n) is 17.8. The van der Waals surface area contributed by atoms with Gasteiger partial charge in [-0.3, -0.25) is 19.3 Å². The van der Waals surface area contributed by atoms with Gasteiger partial charge in [0.1, 0.15) is 23.7 Å². The van der Waals surface area contributed by atoms with Crippen LogP contribution in [0.15, 0.2) is 71.9 Å². The van der Waals surface area contributed by atoms with E-state index in [4.69, 9.17) is 9.47 Å². The Kier molecular flexibility index (Phi) is 6.79. The number of β-lactam (4-membered cyclic amide) rings is 1. The molecule has 2 aromatic carbocycles. The molecule has 2 heterocycles. The van der Waals surface area contributed by atoms with Crippen LogP contribution in [0.4, 0.5) is 0 Å². The highest BCUT2D eigenvalue weighted by Gasteiger charge is 2.54. The predicted octanol–water partition coefficient (Wildman–Crippen LogP) is 2.17. The molecule has 170 valence electrons. The monoisotopic (exact) mass is 466 g/mol. The molecule has 2 atom stereocenters. The van der Waals surface area contributed by atoms with Crippen LogP contribution in [0, 0.1) is 0 Å². The second-order valence-corrected chi connectivity index (χ2v) is 8.62. The Morgan fingerprint density at radius 3 is 2.27 bits per heavy atom. The molecule has 0 aromatic heterocycles. The van der Waals surface area contributed by atoms with Crippen LogP contribution < -0.4 is 5.32 Å². The van der Waals surface area contributed by atoms with Crippen molar-refractivity contribution in [3.8, 4) is 0 Å². The highest BCUT2D eigenvalue weighted by molar-refractivity contribution is 8.00.